The fourth-order valence-corrected chi connectivity index (χ4v) is 6.51. The lowest BCUT2D eigenvalue weighted by Crippen LogP contribution is -2.47. The van der Waals surface area contributed by atoms with E-state index in [1.807, 2.05) is 31.2 Å². The molecule has 6 rings (SSSR count). The summed E-state index contributed by atoms with van der Waals surface area (Å²) in [5.74, 6) is -0.123. The Morgan fingerprint density at radius 1 is 1.24 bits per heavy atom. The number of ether oxygens (including phenoxy) is 3. The maximum absolute atomic E-state index is 13.6. The number of carbonyl (C=O) groups is 1. The van der Waals surface area contributed by atoms with Crippen LogP contribution < -0.4 is 24.4 Å². The summed E-state index contributed by atoms with van der Waals surface area (Å²) >= 11 is 1.22. The predicted octanol–water partition coefficient (Wildman–Crippen LogP) is 1.37. The standard InChI is InChI=1S/C24H20N2O6S/c1-23-18(21(29)31-3)24(23)19(13-8-4-5-9-14(13)32-24)26-20(28)16(33-22(26)25-23)11-12-7-6-10-15(30-2)17(12)27/h4-11,18-19,27H,1-3H3/b16-11-/t18-,19+,23+,24+/m1/s1. The van der Waals surface area contributed by atoms with E-state index in [4.69, 9.17) is 19.2 Å². The van der Waals surface area contributed by atoms with Crippen molar-refractivity contribution in [3.63, 3.8) is 0 Å². The van der Waals surface area contributed by atoms with E-state index in [0.717, 1.165) is 5.56 Å². The summed E-state index contributed by atoms with van der Waals surface area (Å²) in [7, 11) is 2.82. The van der Waals surface area contributed by atoms with Gasteiger partial charge in [-0.3, -0.25) is 14.2 Å². The van der Waals surface area contributed by atoms with E-state index in [1.54, 1.807) is 28.8 Å². The fourth-order valence-electron chi connectivity index (χ4n) is 5.42. The first kappa shape index (κ1) is 20.0. The first-order valence-corrected chi connectivity index (χ1v) is 11.2. The normalized spacial score (nSPS) is 28.5. The van der Waals surface area contributed by atoms with E-state index in [2.05, 4.69) is 0 Å². The van der Waals surface area contributed by atoms with Crippen molar-refractivity contribution in [2.24, 2.45) is 10.9 Å². The van der Waals surface area contributed by atoms with Gasteiger partial charge in [0.05, 0.1) is 18.8 Å². The molecule has 0 radical (unpaired) electrons. The van der Waals surface area contributed by atoms with Gasteiger partial charge in [-0.1, -0.05) is 41.7 Å². The maximum Gasteiger partial charge on any atom is 0.315 e. The number of para-hydroxylation sites is 2. The van der Waals surface area contributed by atoms with Crippen LogP contribution in [0.5, 0.6) is 17.2 Å². The van der Waals surface area contributed by atoms with Crippen molar-refractivity contribution in [3.05, 3.63) is 73.3 Å². The Kier molecular flexibility index (Phi) is 3.93. The minimum Gasteiger partial charge on any atom is -0.504 e. The van der Waals surface area contributed by atoms with Crippen molar-refractivity contribution in [2.75, 3.05) is 14.2 Å². The predicted molar refractivity (Wildman–Crippen MR) is 119 cm³/mol. The number of methoxy groups -OCH3 is 2. The van der Waals surface area contributed by atoms with Crippen LogP contribution in [0.15, 0.2) is 52.3 Å². The molecule has 8 nitrogen and oxygen atoms in total. The molecule has 2 aromatic carbocycles. The maximum atomic E-state index is 13.6. The molecular weight excluding hydrogens is 444 g/mol. The Bertz CT molecular complexity index is 1520. The molecule has 3 aromatic rings. The summed E-state index contributed by atoms with van der Waals surface area (Å²) in [6.45, 7) is 1.87. The molecule has 1 aliphatic carbocycles. The van der Waals surface area contributed by atoms with Gasteiger partial charge in [0.1, 0.15) is 23.2 Å². The molecule has 33 heavy (non-hydrogen) atoms. The number of phenolic OH excluding ortho intramolecular Hbond substituents is 1. The SMILES string of the molecule is COC(=O)[C@H]1[C@]23Oc4ccccc4[C@@H]2n2c(s/c(=C\c4cccc(OC)c4O)c2=O)=N[C@@]13C. The fraction of sp³-hybridized carbons (Fsp3) is 0.292. The van der Waals surface area contributed by atoms with Crippen molar-refractivity contribution in [1.82, 2.24) is 4.57 Å². The van der Waals surface area contributed by atoms with Gasteiger partial charge in [-0.15, -0.1) is 0 Å². The number of thiazole rings is 1. The number of hydrogen-bond acceptors (Lipinski definition) is 8. The molecular formula is C24H20N2O6S. The summed E-state index contributed by atoms with van der Waals surface area (Å²) in [5, 5.41) is 10.5. The third-order valence-corrected chi connectivity index (χ3v) is 7.98. The van der Waals surface area contributed by atoms with Gasteiger partial charge in [0.2, 0.25) is 0 Å². The monoisotopic (exact) mass is 464 g/mol. The molecule has 3 aliphatic rings. The number of fused-ring (bicyclic) bond motifs is 4. The number of hydrogen-bond donors (Lipinski definition) is 1. The van der Waals surface area contributed by atoms with Crippen LogP contribution in [0.25, 0.3) is 6.08 Å². The van der Waals surface area contributed by atoms with E-state index >= 15 is 0 Å². The van der Waals surface area contributed by atoms with Crippen molar-refractivity contribution in [2.45, 2.75) is 24.1 Å². The molecule has 9 heteroatoms. The summed E-state index contributed by atoms with van der Waals surface area (Å²) in [4.78, 5) is 31.7. The molecule has 0 amide bonds. The molecule has 4 atom stereocenters. The van der Waals surface area contributed by atoms with Gasteiger partial charge in [-0.2, -0.15) is 0 Å². The number of phenols is 1. The molecule has 168 valence electrons. The van der Waals surface area contributed by atoms with Crippen LogP contribution in [0.2, 0.25) is 0 Å². The van der Waals surface area contributed by atoms with E-state index in [0.29, 0.717) is 26.4 Å². The second-order valence-corrected chi connectivity index (χ2v) is 9.53. The number of aromatic hydroxyl groups is 1. The molecule has 3 heterocycles. The number of benzene rings is 2. The van der Waals surface area contributed by atoms with Crippen LogP contribution in [0.4, 0.5) is 0 Å². The van der Waals surface area contributed by atoms with Gasteiger partial charge in [-0.05, 0) is 25.1 Å². The molecule has 0 saturated heterocycles. The van der Waals surface area contributed by atoms with Crippen LogP contribution >= 0.6 is 11.3 Å². The van der Waals surface area contributed by atoms with Gasteiger partial charge in [-0.25, -0.2) is 4.99 Å². The number of carbonyl (C=O) groups excluding carboxylic acids is 1. The zero-order valence-electron chi connectivity index (χ0n) is 18.1. The molecule has 0 bridgehead atoms. The largest absolute Gasteiger partial charge is 0.504 e. The van der Waals surface area contributed by atoms with Crippen molar-refractivity contribution >= 4 is 23.4 Å². The molecule has 2 aliphatic heterocycles. The van der Waals surface area contributed by atoms with Gasteiger partial charge >= 0.3 is 5.97 Å². The average molecular weight is 464 g/mol. The zero-order valence-corrected chi connectivity index (χ0v) is 18.9. The van der Waals surface area contributed by atoms with E-state index in [-0.39, 0.29) is 11.3 Å². The van der Waals surface area contributed by atoms with Crippen LogP contribution in [0, 0.1) is 5.92 Å². The van der Waals surface area contributed by atoms with Crippen molar-refractivity contribution in [3.8, 4) is 17.2 Å². The lowest BCUT2D eigenvalue weighted by atomic mass is 9.97. The van der Waals surface area contributed by atoms with Gasteiger partial charge in [0, 0.05) is 11.1 Å². The second kappa shape index (κ2) is 6.48. The number of aromatic nitrogens is 1. The Hall–Kier alpha value is -3.59. The molecule has 1 aromatic heterocycles. The minimum absolute atomic E-state index is 0.0423. The van der Waals surface area contributed by atoms with E-state index in [9.17, 15) is 14.7 Å². The first-order chi connectivity index (χ1) is 15.9. The highest BCUT2D eigenvalue weighted by Gasteiger charge is 2.88. The van der Waals surface area contributed by atoms with Gasteiger partial charge in [0.25, 0.3) is 5.56 Å². The number of rotatable bonds is 3. The molecule has 1 spiro atoms. The summed E-state index contributed by atoms with van der Waals surface area (Å²) in [5.41, 5.74) is -0.842. The van der Waals surface area contributed by atoms with Gasteiger partial charge in [0.15, 0.2) is 21.9 Å². The number of esters is 1. The van der Waals surface area contributed by atoms with Gasteiger partial charge < -0.3 is 19.3 Å². The minimum atomic E-state index is -1.02. The second-order valence-electron chi connectivity index (χ2n) is 8.52. The number of nitrogens with zero attached hydrogens (tertiary/aromatic N) is 2. The van der Waals surface area contributed by atoms with Crippen LogP contribution in [-0.2, 0) is 9.53 Å². The smallest absolute Gasteiger partial charge is 0.315 e. The van der Waals surface area contributed by atoms with Crippen LogP contribution in [-0.4, -0.2) is 41.0 Å². The highest BCUT2D eigenvalue weighted by atomic mass is 32.1. The van der Waals surface area contributed by atoms with Crippen molar-refractivity contribution < 1.29 is 24.1 Å². The Labute approximate surface area is 192 Å². The summed E-state index contributed by atoms with van der Waals surface area (Å²) in [6, 6.07) is 12.1. The Morgan fingerprint density at radius 2 is 2.03 bits per heavy atom. The quantitative estimate of drug-likeness (QED) is 0.588. The highest BCUT2D eigenvalue weighted by molar-refractivity contribution is 7.07. The molecule has 1 fully saturated rings. The van der Waals surface area contributed by atoms with Crippen LogP contribution in [0.1, 0.15) is 24.1 Å². The topological polar surface area (TPSA) is 99.4 Å². The third-order valence-electron chi connectivity index (χ3n) is 6.99. The lowest BCUT2D eigenvalue weighted by molar-refractivity contribution is -0.144. The average Bonchev–Trinajstić information content (AvgIpc) is 3.02. The summed E-state index contributed by atoms with van der Waals surface area (Å²) in [6.07, 6.45) is 1.63. The van der Waals surface area contributed by atoms with E-state index in [1.165, 1.54) is 25.6 Å². The van der Waals surface area contributed by atoms with Crippen molar-refractivity contribution in [1.29, 1.82) is 0 Å². The molecule has 1 saturated carbocycles. The molecule has 0 unspecified atom stereocenters. The first-order valence-electron chi connectivity index (χ1n) is 10.4. The van der Waals surface area contributed by atoms with Crippen LogP contribution in [0.3, 0.4) is 0 Å². The Morgan fingerprint density at radius 3 is 2.79 bits per heavy atom. The molecule has 1 N–H and O–H groups in total. The summed E-state index contributed by atoms with van der Waals surface area (Å²) < 4.78 is 18.7. The Balaban J connectivity index is 1.61. The highest BCUT2D eigenvalue weighted by Crippen LogP contribution is 2.70. The third kappa shape index (κ3) is 2.32. The zero-order chi connectivity index (χ0) is 23.1. The lowest BCUT2D eigenvalue weighted by Gasteiger charge is -2.26. The van der Waals surface area contributed by atoms with E-state index < -0.39 is 29.1 Å².